The fourth-order valence-corrected chi connectivity index (χ4v) is 2.08. The summed E-state index contributed by atoms with van der Waals surface area (Å²) in [5.74, 6) is 1.44. The molecule has 1 fully saturated rings. The van der Waals surface area contributed by atoms with Gasteiger partial charge in [-0.05, 0) is 6.42 Å². The standard InChI is InChI=1S/C13H19ClN4O/c1-13(2,3)12-16-9(14)7-10(17-12)18-6-4-5-15-11(19)8-18/h7H,4-6,8H2,1-3H3,(H,15,19). The van der Waals surface area contributed by atoms with Gasteiger partial charge in [0.1, 0.15) is 16.8 Å². The van der Waals surface area contributed by atoms with Crippen LogP contribution in [0.25, 0.3) is 0 Å². The van der Waals surface area contributed by atoms with Gasteiger partial charge in [0.2, 0.25) is 5.91 Å². The molecule has 2 rings (SSSR count). The molecular formula is C13H19ClN4O. The molecular weight excluding hydrogens is 264 g/mol. The Bertz CT molecular complexity index is 484. The highest BCUT2D eigenvalue weighted by molar-refractivity contribution is 6.29. The Balaban J connectivity index is 2.33. The van der Waals surface area contributed by atoms with Crippen molar-refractivity contribution in [1.29, 1.82) is 0 Å². The van der Waals surface area contributed by atoms with Gasteiger partial charge >= 0.3 is 0 Å². The van der Waals surface area contributed by atoms with Crippen molar-refractivity contribution < 1.29 is 4.79 Å². The number of nitrogens with one attached hydrogen (secondary N) is 1. The average molecular weight is 283 g/mol. The molecule has 5 nitrogen and oxygen atoms in total. The SMILES string of the molecule is CC(C)(C)c1nc(Cl)cc(N2CCCNC(=O)C2)n1. The van der Waals surface area contributed by atoms with Crippen LogP contribution >= 0.6 is 11.6 Å². The summed E-state index contributed by atoms with van der Waals surface area (Å²) in [6.07, 6.45) is 0.901. The van der Waals surface area contributed by atoms with Crippen LogP contribution in [0.1, 0.15) is 33.0 Å². The molecule has 1 amide bonds. The zero-order valence-corrected chi connectivity index (χ0v) is 12.3. The molecule has 1 N–H and O–H groups in total. The van der Waals surface area contributed by atoms with E-state index in [1.54, 1.807) is 6.07 Å². The summed E-state index contributed by atoms with van der Waals surface area (Å²) < 4.78 is 0. The summed E-state index contributed by atoms with van der Waals surface area (Å²) in [5.41, 5.74) is -0.173. The van der Waals surface area contributed by atoms with Crippen LogP contribution in [-0.2, 0) is 10.2 Å². The molecule has 2 heterocycles. The van der Waals surface area contributed by atoms with E-state index >= 15 is 0 Å². The van der Waals surface area contributed by atoms with Gasteiger partial charge in [0, 0.05) is 24.6 Å². The molecule has 0 radical (unpaired) electrons. The summed E-state index contributed by atoms with van der Waals surface area (Å²) in [4.78, 5) is 22.4. The molecule has 104 valence electrons. The third-order valence-corrected chi connectivity index (χ3v) is 3.13. The minimum Gasteiger partial charge on any atom is -0.354 e. The van der Waals surface area contributed by atoms with E-state index in [0.717, 1.165) is 18.8 Å². The number of hydrogen-bond acceptors (Lipinski definition) is 4. The fraction of sp³-hybridized carbons (Fsp3) is 0.615. The number of carbonyl (C=O) groups is 1. The minimum absolute atomic E-state index is 0.0181. The largest absolute Gasteiger partial charge is 0.354 e. The number of anilines is 1. The highest BCUT2D eigenvalue weighted by Crippen LogP contribution is 2.24. The van der Waals surface area contributed by atoms with Crippen LogP contribution < -0.4 is 10.2 Å². The Morgan fingerprint density at radius 1 is 1.37 bits per heavy atom. The van der Waals surface area contributed by atoms with E-state index < -0.39 is 0 Å². The lowest BCUT2D eigenvalue weighted by atomic mass is 9.96. The van der Waals surface area contributed by atoms with E-state index in [-0.39, 0.29) is 11.3 Å². The molecule has 0 aromatic carbocycles. The Morgan fingerprint density at radius 2 is 2.11 bits per heavy atom. The number of amides is 1. The predicted octanol–water partition coefficient (Wildman–Crippen LogP) is 1.75. The molecule has 1 aromatic heterocycles. The summed E-state index contributed by atoms with van der Waals surface area (Å²) >= 11 is 6.07. The van der Waals surface area contributed by atoms with Crippen molar-refractivity contribution in [1.82, 2.24) is 15.3 Å². The van der Waals surface area contributed by atoms with E-state index in [9.17, 15) is 4.79 Å². The highest BCUT2D eigenvalue weighted by Gasteiger charge is 2.22. The first-order valence-electron chi connectivity index (χ1n) is 6.43. The minimum atomic E-state index is -0.173. The Hall–Kier alpha value is -1.36. The molecule has 0 bridgehead atoms. The third-order valence-electron chi connectivity index (χ3n) is 2.94. The van der Waals surface area contributed by atoms with Gasteiger partial charge in [0.05, 0.1) is 6.54 Å². The van der Waals surface area contributed by atoms with Gasteiger partial charge < -0.3 is 10.2 Å². The summed E-state index contributed by atoms with van der Waals surface area (Å²) in [6, 6.07) is 1.72. The Labute approximate surface area is 118 Å². The number of carbonyl (C=O) groups excluding carboxylic acids is 1. The van der Waals surface area contributed by atoms with Gasteiger partial charge in [-0.2, -0.15) is 0 Å². The van der Waals surface area contributed by atoms with Crippen molar-refractivity contribution in [2.75, 3.05) is 24.5 Å². The Kier molecular flexibility index (Phi) is 3.94. The third kappa shape index (κ3) is 3.56. The van der Waals surface area contributed by atoms with E-state index in [0.29, 0.717) is 24.1 Å². The van der Waals surface area contributed by atoms with Crippen molar-refractivity contribution in [3.05, 3.63) is 17.0 Å². The van der Waals surface area contributed by atoms with Crippen LogP contribution in [0.15, 0.2) is 6.07 Å². The second kappa shape index (κ2) is 5.33. The number of nitrogens with zero attached hydrogens (tertiary/aromatic N) is 3. The van der Waals surface area contributed by atoms with Crippen molar-refractivity contribution in [3.63, 3.8) is 0 Å². The van der Waals surface area contributed by atoms with E-state index in [2.05, 4.69) is 15.3 Å². The zero-order valence-electron chi connectivity index (χ0n) is 11.5. The van der Waals surface area contributed by atoms with Gasteiger partial charge in [0.15, 0.2) is 0 Å². The number of halogens is 1. The first-order valence-corrected chi connectivity index (χ1v) is 6.81. The predicted molar refractivity (Wildman–Crippen MR) is 75.6 cm³/mol. The van der Waals surface area contributed by atoms with Crippen molar-refractivity contribution in [3.8, 4) is 0 Å². The molecule has 0 atom stereocenters. The lowest BCUT2D eigenvalue weighted by Gasteiger charge is -2.23. The molecule has 1 saturated heterocycles. The summed E-state index contributed by atoms with van der Waals surface area (Å²) in [7, 11) is 0. The maximum Gasteiger partial charge on any atom is 0.239 e. The van der Waals surface area contributed by atoms with Gasteiger partial charge in [-0.1, -0.05) is 32.4 Å². The first-order chi connectivity index (χ1) is 8.86. The lowest BCUT2D eigenvalue weighted by Crippen LogP contribution is -2.34. The highest BCUT2D eigenvalue weighted by atomic mass is 35.5. The molecule has 0 unspecified atom stereocenters. The Morgan fingerprint density at radius 3 is 2.79 bits per heavy atom. The fourth-order valence-electron chi connectivity index (χ4n) is 1.90. The summed E-state index contributed by atoms with van der Waals surface area (Å²) in [6.45, 7) is 7.93. The molecule has 6 heteroatoms. The van der Waals surface area contributed by atoms with Crippen LogP contribution in [-0.4, -0.2) is 35.5 Å². The molecule has 19 heavy (non-hydrogen) atoms. The van der Waals surface area contributed by atoms with Crippen LogP contribution in [0.3, 0.4) is 0 Å². The van der Waals surface area contributed by atoms with Crippen molar-refractivity contribution >= 4 is 23.3 Å². The van der Waals surface area contributed by atoms with Crippen LogP contribution in [0, 0.1) is 0 Å². The quantitative estimate of drug-likeness (QED) is 0.798. The van der Waals surface area contributed by atoms with Gasteiger partial charge in [-0.3, -0.25) is 4.79 Å². The molecule has 1 aliphatic heterocycles. The maximum atomic E-state index is 11.6. The molecule has 1 aliphatic rings. The molecule has 0 spiro atoms. The molecule has 1 aromatic rings. The van der Waals surface area contributed by atoms with E-state index in [4.69, 9.17) is 11.6 Å². The van der Waals surface area contributed by atoms with Crippen molar-refractivity contribution in [2.45, 2.75) is 32.6 Å². The normalized spacial score (nSPS) is 17.1. The smallest absolute Gasteiger partial charge is 0.239 e. The topological polar surface area (TPSA) is 58.1 Å². The van der Waals surface area contributed by atoms with Gasteiger partial charge in [-0.25, -0.2) is 9.97 Å². The van der Waals surface area contributed by atoms with Crippen LogP contribution in [0.5, 0.6) is 0 Å². The second-order valence-electron chi connectivity index (χ2n) is 5.75. The van der Waals surface area contributed by atoms with Crippen LogP contribution in [0.2, 0.25) is 5.15 Å². The number of hydrogen-bond donors (Lipinski definition) is 1. The summed E-state index contributed by atoms with van der Waals surface area (Å²) in [5, 5.41) is 3.26. The van der Waals surface area contributed by atoms with Crippen molar-refractivity contribution in [2.24, 2.45) is 0 Å². The first kappa shape index (κ1) is 14.1. The average Bonchev–Trinajstić information content (AvgIpc) is 2.52. The number of rotatable bonds is 1. The van der Waals surface area contributed by atoms with E-state index in [1.165, 1.54) is 0 Å². The van der Waals surface area contributed by atoms with Gasteiger partial charge in [-0.15, -0.1) is 0 Å². The van der Waals surface area contributed by atoms with Crippen LogP contribution in [0.4, 0.5) is 5.82 Å². The molecule has 0 aliphatic carbocycles. The second-order valence-corrected chi connectivity index (χ2v) is 6.13. The molecule has 0 saturated carbocycles. The van der Waals surface area contributed by atoms with Gasteiger partial charge in [0.25, 0.3) is 0 Å². The lowest BCUT2D eigenvalue weighted by molar-refractivity contribution is -0.119. The zero-order chi connectivity index (χ0) is 14.0. The monoisotopic (exact) mass is 282 g/mol. The van der Waals surface area contributed by atoms with E-state index in [1.807, 2.05) is 25.7 Å². The number of aromatic nitrogens is 2. The maximum absolute atomic E-state index is 11.6.